The molecule has 1 aliphatic heterocycles. The normalized spacial score (nSPS) is 13.9. The van der Waals surface area contributed by atoms with Crippen LogP contribution in [0.2, 0.25) is 0 Å². The van der Waals surface area contributed by atoms with Crippen molar-refractivity contribution in [3.8, 4) is 0 Å². The molecule has 0 radical (unpaired) electrons. The number of ketones is 2. The van der Waals surface area contributed by atoms with Gasteiger partial charge < -0.3 is 15.5 Å². The first-order valence-corrected chi connectivity index (χ1v) is 9.60. The summed E-state index contributed by atoms with van der Waals surface area (Å²) >= 11 is 0. The second-order valence-corrected chi connectivity index (χ2v) is 6.83. The molecule has 1 atom stereocenters. The van der Waals surface area contributed by atoms with Gasteiger partial charge in [-0.1, -0.05) is 31.9 Å². The fraction of sp³-hybridized carbons (Fsp3) is 0.476. The lowest BCUT2D eigenvalue weighted by molar-refractivity contribution is -0.121. The van der Waals surface area contributed by atoms with Gasteiger partial charge in [0.05, 0.1) is 6.67 Å². The molecule has 146 valence electrons. The van der Waals surface area contributed by atoms with E-state index in [4.69, 9.17) is 0 Å². The zero-order chi connectivity index (χ0) is 19.6. The summed E-state index contributed by atoms with van der Waals surface area (Å²) < 4.78 is 0. The number of rotatable bonds is 11. The summed E-state index contributed by atoms with van der Waals surface area (Å²) in [5, 5.41) is 6.03. The molecule has 0 unspecified atom stereocenters. The average molecular weight is 371 g/mol. The van der Waals surface area contributed by atoms with Crippen LogP contribution < -0.4 is 10.6 Å². The fourth-order valence-electron chi connectivity index (χ4n) is 3.08. The van der Waals surface area contributed by atoms with Crippen LogP contribution in [0.5, 0.6) is 0 Å². The molecule has 1 amide bonds. The van der Waals surface area contributed by atoms with Gasteiger partial charge in [0.25, 0.3) is 0 Å². The summed E-state index contributed by atoms with van der Waals surface area (Å²) in [4.78, 5) is 37.7. The number of anilines is 1. The van der Waals surface area contributed by atoms with Crippen LogP contribution in [0.25, 0.3) is 0 Å². The number of nitrogens with zero attached hydrogens (tertiary/aromatic N) is 1. The Hall–Kier alpha value is -2.63. The van der Waals surface area contributed by atoms with Crippen molar-refractivity contribution in [3.05, 3.63) is 42.2 Å². The van der Waals surface area contributed by atoms with E-state index in [1.807, 2.05) is 24.2 Å². The number of carbonyl (C=O) groups is 3. The molecule has 0 aromatic heterocycles. The molecule has 0 fully saturated rings. The van der Waals surface area contributed by atoms with E-state index in [9.17, 15) is 14.4 Å². The number of nitrogens with one attached hydrogen (secondary N) is 2. The van der Waals surface area contributed by atoms with Gasteiger partial charge in [-0.25, -0.2) is 0 Å². The second-order valence-electron chi connectivity index (χ2n) is 6.83. The Morgan fingerprint density at radius 3 is 2.70 bits per heavy atom. The van der Waals surface area contributed by atoms with Gasteiger partial charge in [-0.15, -0.1) is 0 Å². The predicted octanol–water partition coefficient (Wildman–Crippen LogP) is 3.46. The minimum atomic E-state index is -0.292. The maximum absolute atomic E-state index is 12.8. The van der Waals surface area contributed by atoms with E-state index in [0.717, 1.165) is 19.3 Å². The van der Waals surface area contributed by atoms with Crippen LogP contribution >= 0.6 is 0 Å². The zero-order valence-corrected chi connectivity index (χ0v) is 16.2. The molecule has 0 bridgehead atoms. The van der Waals surface area contributed by atoms with Gasteiger partial charge in [-0.05, 0) is 31.9 Å². The lowest BCUT2D eigenvalue weighted by Gasteiger charge is -2.26. The van der Waals surface area contributed by atoms with E-state index in [-0.39, 0.29) is 17.7 Å². The van der Waals surface area contributed by atoms with Crippen molar-refractivity contribution in [2.75, 3.05) is 12.0 Å². The van der Waals surface area contributed by atoms with Crippen LogP contribution in [-0.4, -0.2) is 35.1 Å². The molecule has 2 rings (SSSR count). The summed E-state index contributed by atoms with van der Waals surface area (Å²) in [7, 11) is 0. The fourth-order valence-corrected chi connectivity index (χ4v) is 3.08. The van der Waals surface area contributed by atoms with Crippen molar-refractivity contribution in [1.29, 1.82) is 0 Å². The number of carbonyl (C=O) groups excluding carboxylic acids is 3. The molecule has 2 N–H and O–H groups in total. The SMILES string of the molecule is CCC(=O)CCCCC[C@@H](C(=O)Nc1cccc(C(C)=O)c1)N1C=CNC1. The Morgan fingerprint density at radius 2 is 2.04 bits per heavy atom. The van der Waals surface area contributed by atoms with Gasteiger partial charge in [0.15, 0.2) is 5.78 Å². The van der Waals surface area contributed by atoms with Crippen LogP contribution in [0.4, 0.5) is 5.69 Å². The Balaban J connectivity index is 1.93. The van der Waals surface area contributed by atoms with Gasteiger partial charge in [-0.2, -0.15) is 0 Å². The lowest BCUT2D eigenvalue weighted by Crippen LogP contribution is -2.42. The Labute approximate surface area is 161 Å². The minimum Gasteiger partial charge on any atom is -0.373 e. The summed E-state index contributed by atoms with van der Waals surface area (Å²) in [5.41, 5.74) is 1.20. The molecular formula is C21H29N3O3. The van der Waals surface area contributed by atoms with E-state index in [0.29, 0.717) is 43.0 Å². The highest BCUT2D eigenvalue weighted by Gasteiger charge is 2.25. The Kier molecular flexibility index (Phi) is 8.04. The first kappa shape index (κ1) is 20.7. The van der Waals surface area contributed by atoms with Crippen LogP contribution in [0.3, 0.4) is 0 Å². The molecule has 1 aromatic carbocycles. The zero-order valence-electron chi connectivity index (χ0n) is 16.2. The largest absolute Gasteiger partial charge is 0.373 e. The molecule has 6 heteroatoms. The third-order valence-corrected chi connectivity index (χ3v) is 4.72. The maximum atomic E-state index is 12.8. The van der Waals surface area contributed by atoms with Gasteiger partial charge >= 0.3 is 0 Å². The predicted molar refractivity (Wildman–Crippen MR) is 106 cm³/mol. The van der Waals surface area contributed by atoms with E-state index in [1.165, 1.54) is 6.92 Å². The number of benzene rings is 1. The molecule has 0 spiro atoms. The maximum Gasteiger partial charge on any atom is 0.247 e. The van der Waals surface area contributed by atoms with Crippen LogP contribution in [0.15, 0.2) is 36.7 Å². The van der Waals surface area contributed by atoms with Crippen molar-refractivity contribution in [2.45, 2.75) is 58.4 Å². The van der Waals surface area contributed by atoms with E-state index < -0.39 is 0 Å². The van der Waals surface area contributed by atoms with Crippen molar-refractivity contribution in [1.82, 2.24) is 10.2 Å². The monoisotopic (exact) mass is 371 g/mol. The first-order valence-electron chi connectivity index (χ1n) is 9.60. The number of unbranched alkanes of at least 4 members (excludes halogenated alkanes) is 2. The minimum absolute atomic E-state index is 0.0315. The van der Waals surface area contributed by atoms with E-state index in [2.05, 4.69) is 10.6 Å². The van der Waals surface area contributed by atoms with Crippen LogP contribution in [0.1, 0.15) is 62.7 Å². The third kappa shape index (κ3) is 6.55. The molecule has 1 heterocycles. The van der Waals surface area contributed by atoms with Crippen LogP contribution in [-0.2, 0) is 9.59 Å². The molecule has 0 saturated carbocycles. The Bertz CT molecular complexity index is 700. The summed E-state index contributed by atoms with van der Waals surface area (Å²) in [6.45, 7) is 3.99. The molecule has 1 aromatic rings. The van der Waals surface area contributed by atoms with Gasteiger partial charge in [0.2, 0.25) is 5.91 Å². The van der Waals surface area contributed by atoms with Crippen molar-refractivity contribution in [2.24, 2.45) is 0 Å². The van der Waals surface area contributed by atoms with Gasteiger partial charge in [0.1, 0.15) is 11.8 Å². The van der Waals surface area contributed by atoms with Crippen LogP contribution in [0, 0.1) is 0 Å². The summed E-state index contributed by atoms with van der Waals surface area (Å²) in [6.07, 6.45) is 8.33. The highest BCUT2D eigenvalue weighted by atomic mass is 16.2. The molecule has 0 aliphatic carbocycles. The molecule has 0 saturated heterocycles. The Morgan fingerprint density at radius 1 is 1.22 bits per heavy atom. The highest BCUT2D eigenvalue weighted by molar-refractivity contribution is 5.98. The standard InChI is InChI=1S/C21H29N3O3/c1-3-19(26)10-5-4-6-11-20(24-13-12-22-15-24)21(27)23-18-9-7-8-17(14-18)16(2)25/h7-9,12-14,20,22H,3-6,10-11,15H2,1-2H3,(H,23,27)/t20-/m0/s1. The van der Waals surface area contributed by atoms with Crippen molar-refractivity contribution in [3.63, 3.8) is 0 Å². The van der Waals surface area contributed by atoms with E-state index >= 15 is 0 Å². The van der Waals surface area contributed by atoms with Crippen molar-refractivity contribution >= 4 is 23.2 Å². The second kappa shape index (κ2) is 10.5. The average Bonchev–Trinajstić information content (AvgIpc) is 3.18. The quantitative estimate of drug-likeness (QED) is 0.460. The van der Waals surface area contributed by atoms with E-state index in [1.54, 1.807) is 24.3 Å². The van der Waals surface area contributed by atoms with Gasteiger partial charge in [0, 0.05) is 36.5 Å². The molecule has 27 heavy (non-hydrogen) atoms. The highest BCUT2D eigenvalue weighted by Crippen LogP contribution is 2.17. The number of Topliss-reactive ketones (excluding diaryl/α,β-unsaturated/α-hetero) is 2. The smallest absolute Gasteiger partial charge is 0.247 e. The molecular weight excluding hydrogens is 342 g/mol. The molecule has 1 aliphatic rings. The lowest BCUT2D eigenvalue weighted by atomic mass is 10.0. The topological polar surface area (TPSA) is 78.5 Å². The van der Waals surface area contributed by atoms with Crippen molar-refractivity contribution < 1.29 is 14.4 Å². The molecule has 6 nitrogen and oxygen atoms in total. The van der Waals surface area contributed by atoms with Gasteiger partial charge in [-0.3, -0.25) is 14.4 Å². The third-order valence-electron chi connectivity index (χ3n) is 4.72. The first-order chi connectivity index (χ1) is 13.0. The number of amides is 1. The number of hydrogen-bond donors (Lipinski definition) is 2. The number of hydrogen-bond acceptors (Lipinski definition) is 5. The summed E-state index contributed by atoms with van der Waals surface area (Å²) in [6, 6.07) is 6.70. The summed E-state index contributed by atoms with van der Waals surface area (Å²) in [5.74, 6) is 0.172.